The summed E-state index contributed by atoms with van der Waals surface area (Å²) in [5.41, 5.74) is 0.941. The quantitative estimate of drug-likeness (QED) is 0.819. The Labute approximate surface area is 112 Å². The van der Waals surface area contributed by atoms with Gasteiger partial charge in [-0.05, 0) is 20.8 Å². The maximum Gasteiger partial charge on any atom is 0.249 e. The third-order valence-corrected chi connectivity index (χ3v) is 3.54. The Balaban J connectivity index is 2.50. The lowest BCUT2D eigenvalue weighted by Crippen LogP contribution is -2.34. The highest BCUT2D eigenvalue weighted by Gasteiger charge is 2.14. The van der Waals surface area contributed by atoms with E-state index in [-0.39, 0.29) is 5.91 Å². The monoisotopic (exact) mass is 272 g/mol. The average molecular weight is 272 g/mol. The van der Waals surface area contributed by atoms with E-state index in [0.29, 0.717) is 19.8 Å². The molecule has 0 aliphatic heterocycles. The highest BCUT2D eigenvalue weighted by molar-refractivity contribution is 7.11. The molecular formula is C12H20N2O3S. The summed E-state index contributed by atoms with van der Waals surface area (Å²) in [7, 11) is 1.64. The predicted octanol–water partition coefficient (Wildman–Crippen LogP) is 1.64. The van der Waals surface area contributed by atoms with Gasteiger partial charge in [0.05, 0.1) is 18.8 Å². The second-order valence-electron chi connectivity index (χ2n) is 3.86. The molecule has 6 heteroatoms. The standard InChI is InChI=1S/C12H20N2O3S/c1-5-17-9(3)12(15)13-6-10-8(2)14-11(18-10)7-16-4/h9H,5-7H2,1-4H3,(H,13,15). The fourth-order valence-corrected chi connectivity index (χ4v) is 2.46. The third-order valence-electron chi connectivity index (χ3n) is 2.41. The van der Waals surface area contributed by atoms with Crippen LogP contribution in [0.2, 0.25) is 0 Å². The Morgan fingerprint density at radius 1 is 1.56 bits per heavy atom. The van der Waals surface area contributed by atoms with Gasteiger partial charge in [-0.15, -0.1) is 11.3 Å². The van der Waals surface area contributed by atoms with Crippen LogP contribution >= 0.6 is 11.3 Å². The van der Waals surface area contributed by atoms with Gasteiger partial charge in [0.25, 0.3) is 0 Å². The third kappa shape index (κ3) is 4.36. The Bertz CT molecular complexity index is 393. The minimum atomic E-state index is -0.415. The van der Waals surface area contributed by atoms with Gasteiger partial charge in [0.1, 0.15) is 11.1 Å². The van der Waals surface area contributed by atoms with E-state index in [1.54, 1.807) is 25.4 Å². The van der Waals surface area contributed by atoms with Gasteiger partial charge in [-0.25, -0.2) is 4.98 Å². The molecular weight excluding hydrogens is 252 g/mol. The first-order valence-electron chi connectivity index (χ1n) is 5.91. The maximum atomic E-state index is 11.7. The number of aromatic nitrogens is 1. The van der Waals surface area contributed by atoms with Crippen LogP contribution in [-0.2, 0) is 27.4 Å². The first kappa shape index (κ1) is 15.1. The van der Waals surface area contributed by atoms with Crippen molar-refractivity contribution < 1.29 is 14.3 Å². The number of ether oxygens (including phenoxy) is 2. The Kier molecular flexibility index (Phi) is 6.24. The van der Waals surface area contributed by atoms with Gasteiger partial charge < -0.3 is 14.8 Å². The zero-order valence-electron chi connectivity index (χ0n) is 11.3. The van der Waals surface area contributed by atoms with Gasteiger partial charge in [-0.2, -0.15) is 0 Å². The number of hydrogen-bond donors (Lipinski definition) is 1. The number of carbonyl (C=O) groups excluding carboxylic acids is 1. The number of aryl methyl sites for hydroxylation is 1. The highest BCUT2D eigenvalue weighted by atomic mass is 32.1. The van der Waals surface area contributed by atoms with E-state index in [4.69, 9.17) is 9.47 Å². The molecule has 0 saturated carbocycles. The summed E-state index contributed by atoms with van der Waals surface area (Å²) in [5.74, 6) is -0.0991. The Morgan fingerprint density at radius 3 is 2.89 bits per heavy atom. The summed E-state index contributed by atoms with van der Waals surface area (Å²) in [6.45, 7) is 7.08. The molecule has 0 saturated heterocycles. The summed E-state index contributed by atoms with van der Waals surface area (Å²) < 4.78 is 10.3. The van der Waals surface area contributed by atoms with E-state index in [1.807, 2.05) is 13.8 Å². The molecule has 1 aromatic heterocycles. The molecule has 0 aliphatic rings. The van der Waals surface area contributed by atoms with Gasteiger partial charge in [-0.3, -0.25) is 4.79 Å². The number of nitrogens with one attached hydrogen (secondary N) is 1. The molecule has 1 N–H and O–H groups in total. The molecule has 0 radical (unpaired) electrons. The predicted molar refractivity (Wildman–Crippen MR) is 70.5 cm³/mol. The van der Waals surface area contributed by atoms with E-state index >= 15 is 0 Å². The SMILES string of the molecule is CCOC(C)C(=O)NCc1sc(COC)nc1C. The molecule has 1 atom stereocenters. The number of methoxy groups -OCH3 is 1. The van der Waals surface area contributed by atoms with E-state index in [0.717, 1.165) is 15.6 Å². The Hall–Kier alpha value is -0.980. The van der Waals surface area contributed by atoms with Gasteiger partial charge in [0.15, 0.2) is 0 Å². The maximum absolute atomic E-state index is 11.7. The molecule has 0 spiro atoms. The van der Waals surface area contributed by atoms with E-state index < -0.39 is 6.10 Å². The molecule has 102 valence electrons. The van der Waals surface area contributed by atoms with Gasteiger partial charge >= 0.3 is 0 Å². The molecule has 1 rings (SSSR count). The second-order valence-corrected chi connectivity index (χ2v) is 5.03. The topological polar surface area (TPSA) is 60.5 Å². The zero-order chi connectivity index (χ0) is 13.5. The van der Waals surface area contributed by atoms with Crippen molar-refractivity contribution in [3.8, 4) is 0 Å². The van der Waals surface area contributed by atoms with Crippen LogP contribution in [0, 0.1) is 6.92 Å². The van der Waals surface area contributed by atoms with Crippen molar-refractivity contribution in [3.63, 3.8) is 0 Å². The molecule has 1 heterocycles. The van der Waals surface area contributed by atoms with Crippen LogP contribution in [0.5, 0.6) is 0 Å². The molecule has 1 amide bonds. The van der Waals surface area contributed by atoms with E-state index in [9.17, 15) is 4.79 Å². The molecule has 0 aliphatic carbocycles. The summed E-state index contributed by atoms with van der Waals surface area (Å²) in [5, 5.41) is 3.77. The normalized spacial score (nSPS) is 12.4. The molecule has 0 bridgehead atoms. The first-order valence-corrected chi connectivity index (χ1v) is 6.73. The fourth-order valence-electron chi connectivity index (χ4n) is 1.47. The van der Waals surface area contributed by atoms with Gasteiger partial charge in [-0.1, -0.05) is 0 Å². The minimum Gasteiger partial charge on any atom is -0.378 e. The van der Waals surface area contributed by atoms with Crippen LogP contribution in [-0.4, -0.2) is 30.7 Å². The van der Waals surface area contributed by atoms with Crippen molar-refractivity contribution >= 4 is 17.2 Å². The van der Waals surface area contributed by atoms with Crippen molar-refractivity contribution in [2.24, 2.45) is 0 Å². The fraction of sp³-hybridized carbons (Fsp3) is 0.667. The molecule has 0 aromatic carbocycles. The number of thiazole rings is 1. The summed E-state index contributed by atoms with van der Waals surface area (Å²) in [6.07, 6.45) is -0.415. The molecule has 18 heavy (non-hydrogen) atoms. The summed E-state index contributed by atoms with van der Waals surface area (Å²) in [6, 6.07) is 0. The van der Waals surface area contributed by atoms with Crippen molar-refractivity contribution in [2.75, 3.05) is 13.7 Å². The van der Waals surface area contributed by atoms with Crippen molar-refractivity contribution in [1.29, 1.82) is 0 Å². The molecule has 1 aromatic rings. The largest absolute Gasteiger partial charge is 0.378 e. The number of carbonyl (C=O) groups is 1. The Morgan fingerprint density at radius 2 is 2.28 bits per heavy atom. The van der Waals surface area contributed by atoms with Crippen LogP contribution < -0.4 is 5.32 Å². The first-order chi connectivity index (χ1) is 8.58. The van der Waals surface area contributed by atoms with Crippen molar-refractivity contribution in [2.45, 2.75) is 40.0 Å². The van der Waals surface area contributed by atoms with E-state index in [1.165, 1.54) is 0 Å². The molecule has 5 nitrogen and oxygen atoms in total. The second kappa shape index (κ2) is 7.45. The molecule has 0 fully saturated rings. The smallest absolute Gasteiger partial charge is 0.249 e. The number of hydrogen-bond acceptors (Lipinski definition) is 5. The number of rotatable bonds is 7. The summed E-state index contributed by atoms with van der Waals surface area (Å²) in [4.78, 5) is 17.1. The van der Waals surface area contributed by atoms with E-state index in [2.05, 4.69) is 10.3 Å². The van der Waals surface area contributed by atoms with Crippen LogP contribution in [0.25, 0.3) is 0 Å². The minimum absolute atomic E-state index is 0.0991. The lowest BCUT2D eigenvalue weighted by atomic mass is 10.3. The number of amides is 1. The van der Waals surface area contributed by atoms with Crippen LogP contribution in [0.15, 0.2) is 0 Å². The van der Waals surface area contributed by atoms with Crippen LogP contribution in [0.3, 0.4) is 0 Å². The average Bonchev–Trinajstić information content (AvgIpc) is 2.67. The van der Waals surface area contributed by atoms with Crippen molar-refractivity contribution in [3.05, 3.63) is 15.6 Å². The highest BCUT2D eigenvalue weighted by Crippen LogP contribution is 2.18. The van der Waals surface area contributed by atoms with Gasteiger partial charge in [0.2, 0.25) is 5.91 Å². The van der Waals surface area contributed by atoms with Crippen LogP contribution in [0.4, 0.5) is 0 Å². The van der Waals surface area contributed by atoms with Gasteiger partial charge in [0, 0.05) is 18.6 Å². The lowest BCUT2D eigenvalue weighted by molar-refractivity contribution is -0.131. The summed E-state index contributed by atoms with van der Waals surface area (Å²) >= 11 is 1.56. The number of nitrogens with zero attached hydrogens (tertiary/aromatic N) is 1. The van der Waals surface area contributed by atoms with Crippen LogP contribution in [0.1, 0.15) is 29.4 Å². The van der Waals surface area contributed by atoms with Crippen molar-refractivity contribution in [1.82, 2.24) is 10.3 Å². The molecule has 1 unspecified atom stereocenters. The lowest BCUT2D eigenvalue weighted by Gasteiger charge is -2.11. The zero-order valence-corrected chi connectivity index (χ0v) is 12.1.